The largest absolute Gasteiger partial charge is 0.484 e. The Balaban J connectivity index is 1.62. The maximum atomic E-state index is 6.30. The summed E-state index contributed by atoms with van der Waals surface area (Å²) in [6, 6.07) is 12.2. The van der Waals surface area contributed by atoms with Gasteiger partial charge in [0.15, 0.2) is 6.61 Å². The summed E-state index contributed by atoms with van der Waals surface area (Å²) in [4.78, 5) is 0. The first-order valence-electron chi connectivity index (χ1n) is 8.14. The maximum absolute atomic E-state index is 6.30. The molecule has 2 heterocycles. The fourth-order valence-corrected chi connectivity index (χ4v) is 3.31. The molecule has 0 aliphatic rings. The van der Waals surface area contributed by atoms with Gasteiger partial charge in [-0.25, -0.2) is 0 Å². The first kappa shape index (κ1) is 18.8. The molecule has 2 aromatic carbocycles. The molecule has 0 spiro atoms. The van der Waals surface area contributed by atoms with Crippen LogP contribution in [0.2, 0.25) is 15.1 Å². The van der Waals surface area contributed by atoms with Gasteiger partial charge >= 0.3 is 0 Å². The third kappa shape index (κ3) is 3.71. The molecule has 0 amide bonds. The molecule has 4 aromatic rings. The normalized spacial score (nSPS) is 11.0. The number of hydrogen-bond acceptors (Lipinski definition) is 6. The van der Waals surface area contributed by atoms with Crippen molar-refractivity contribution >= 4 is 34.8 Å². The third-order valence-corrected chi connectivity index (χ3v) is 4.80. The molecule has 142 valence electrons. The quantitative estimate of drug-likeness (QED) is 0.369. The number of benzene rings is 2. The summed E-state index contributed by atoms with van der Waals surface area (Å²) in [6.45, 7) is 1.84. The number of hydrogen-bond donors (Lipinski definition) is 0. The molecule has 28 heavy (non-hydrogen) atoms. The van der Waals surface area contributed by atoms with Gasteiger partial charge < -0.3 is 13.7 Å². The Bertz CT molecular complexity index is 1100. The van der Waals surface area contributed by atoms with E-state index in [4.69, 9.17) is 48.5 Å². The lowest BCUT2D eigenvalue weighted by molar-refractivity contribution is 0.264. The summed E-state index contributed by atoms with van der Waals surface area (Å²) < 4.78 is 16.7. The van der Waals surface area contributed by atoms with Crippen LogP contribution in [0.25, 0.3) is 22.7 Å². The maximum Gasteiger partial charge on any atom is 0.254 e. The van der Waals surface area contributed by atoms with E-state index in [2.05, 4.69) is 15.4 Å². The summed E-state index contributed by atoms with van der Waals surface area (Å²) in [5.41, 5.74) is 1.50. The van der Waals surface area contributed by atoms with Crippen LogP contribution in [0.1, 0.15) is 11.7 Å². The van der Waals surface area contributed by atoms with Crippen molar-refractivity contribution in [1.82, 2.24) is 15.4 Å². The molecule has 0 saturated heterocycles. The molecule has 0 atom stereocenters. The lowest BCUT2D eigenvalue weighted by Crippen LogP contribution is -1.95. The van der Waals surface area contributed by atoms with Gasteiger partial charge in [0.05, 0.1) is 10.0 Å². The van der Waals surface area contributed by atoms with Gasteiger partial charge in [-0.3, -0.25) is 0 Å². The van der Waals surface area contributed by atoms with Crippen molar-refractivity contribution < 1.29 is 13.7 Å². The number of halogens is 3. The molecule has 0 fully saturated rings. The predicted octanol–water partition coefficient (Wildman–Crippen LogP) is 6.24. The van der Waals surface area contributed by atoms with Gasteiger partial charge in [-0.1, -0.05) is 46.0 Å². The van der Waals surface area contributed by atoms with Gasteiger partial charge in [-0.15, -0.1) is 10.2 Å². The van der Waals surface area contributed by atoms with E-state index in [1.165, 1.54) is 0 Å². The van der Waals surface area contributed by atoms with Crippen molar-refractivity contribution in [2.45, 2.75) is 13.5 Å². The number of rotatable bonds is 5. The van der Waals surface area contributed by atoms with Gasteiger partial charge in [-0.2, -0.15) is 0 Å². The van der Waals surface area contributed by atoms with E-state index in [1.807, 2.05) is 0 Å². The summed E-state index contributed by atoms with van der Waals surface area (Å²) in [6.07, 6.45) is 0. The average Bonchev–Trinajstić information content (AvgIpc) is 3.28. The highest BCUT2D eigenvalue weighted by atomic mass is 35.5. The van der Waals surface area contributed by atoms with E-state index >= 15 is 0 Å². The molecule has 0 aliphatic carbocycles. The second kappa shape index (κ2) is 7.83. The average molecular weight is 437 g/mol. The summed E-state index contributed by atoms with van der Waals surface area (Å²) in [7, 11) is 0. The van der Waals surface area contributed by atoms with Crippen LogP contribution in [0.3, 0.4) is 0 Å². The molecule has 2 aromatic heterocycles. The Hall–Kier alpha value is -2.54. The van der Waals surface area contributed by atoms with Crippen LogP contribution < -0.4 is 4.74 Å². The van der Waals surface area contributed by atoms with Crippen molar-refractivity contribution in [3.8, 4) is 28.5 Å². The minimum atomic E-state index is 0.0984. The fraction of sp³-hybridized carbons (Fsp3) is 0.105. The van der Waals surface area contributed by atoms with Crippen LogP contribution in [0.4, 0.5) is 0 Å². The smallest absolute Gasteiger partial charge is 0.254 e. The highest BCUT2D eigenvalue weighted by Crippen LogP contribution is 2.40. The van der Waals surface area contributed by atoms with Crippen molar-refractivity contribution in [2.75, 3.05) is 0 Å². The topological polar surface area (TPSA) is 74.2 Å². The lowest BCUT2D eigenvalue weighted by atomic mass is 10.1. The van der Waals surface area contributed by atoms with Crippen molar-refractivity contribution in [1.29, 1.82) is 0 Å². The van der Waals surface area contributed by atoms with E-state index in [0.29, 0.717) is 49.3 Å². The van der Waals surface area contributed by atoms with E-state index in [9.17, 15) is 0 Å². The summed E-state index contributed by atoms with van der Waals surface area (Å²) in [5, 5.41) is 13.7. The predicted molar refractivity (Wildman–Crippen MR) is 106 cm³/mol. The lowest BCUT2D eigenvalue weighted by Gasteiger charge is -2.04. The van der Waals surface area contributed by atoms with E-state index in [1.54, 1.807) is 49.4 Å². The number of ether oxygens (including phenoxy) is 1. The third-order valence-electron chi connectivity index (χ3n) is 3.92. The van der Waals surface area contributed by atoms with E-state index in [0.717, 1.165) is 0 Å². The van der Waals surface area contributed by atoms with Crippen molar-refractivity contribution in [3.63, 3.8) is 0 Å². The fourth-order valence-electron chi connectivity index (χ4n) is 2.61. The van der Waals surface area contributed by atoms with Crippen LogP contribution in [0.5, 0.6) is 5.75 Å². The second-order valence-electron chi connectivity index (χ2n) is 5.80. The summed E-state index contributed by atoms with van der Waals surface area (Å²) >= 11 is 18.5. The molecule has 0 saturated carbocycles. The molecule has 9 heteroatoms. The van der Waals surface area contributed by atoms with Gasteiger partial charge in [0.25, 0.3) is 11.8 Å². The number of aromatic nitrogens is 3. The molecule has 0 aliphatic heterocycles. The number of nitrogens with zero attached hydrogens (tertiary/aromatic N) is 3. The standard InChI is InChI=1S/C19H12Cl3N3O3/c1-10-16(18(25-28-10)17-13(21)3-2-4-14(17)22)19-24-23-15(27-19)9-26-12-7-5-11(20)6-8-12/h2-8H,9H2,1H3. The molecule has 0 radical (unpaired) electrons. The molecule has 0 bridgehead atoms. The first-order valence-corrected chi connectivity index (χ1v) is 9.28. The van der Waals surface area contributed by atoms with Crippen LogP contribution in [0, 0.1) is 6.92 Å². The Morgan fingerprint density at radius 2 is 1.64 bits per heavy atom. The molecular formula is C19H12Cl3N3O3. The monoisotopic (exact) mass is 435 g/mol. The van der Waals surface area contributed by atoms with Crippen LogP contribution in [-0.2, 0) is 6.61 Å². The molecular weight excluding hydrogens is 425 g/mol. The number of aryl methyl sites for hydroxylation is 1. The minimum absolute atomic E-state index is 0.0984. The zero-order valence-corrected chi connectivity index (χ0v) is 16.7. The van der Waals surface area contributed by atoms with E-state index < -0.39 is 0 Å². The Morgan fingerprint density at radius 1 is 0.929 bits per heavy atom. The highest BCUT2D eigenvalue weighted by Gasteiger charge is 2.25. The molecule has 4 rings (SSSR count). The van der Waals surface area contributed by atoms with Gasteiger partial charge in [0.1, 0.15) is 22.8 Å². The van der Waals surface area contributed by atoms with Crippen LogP contribution in [0.15, 0.2) is 51.4 Å². The Kier molecular flexibility index (Phi) is 5.26. The van der Waals surface area contributed by atoms with Crippen LogP contribution >= 0.6 is 34.8 Å². The van der Waals surface area contributed by atoms with Gasteiger partial charge in [0, 0.05) is 10.6 Å². The zero-order valence-electron chi connectivity index (χ0n) is 14.4. The highest BCUT2D eigenvalue weighted by molar-refractivity contribution is 6.39. The second-order valence-corrected chi connectivity index (χ2v) is 7.05. The summed E-state index contributed by atoms with van der Waals surface area (Å²) in [5.74, 6) is 1.66. The van der Waals surface area contributed by atoms with E-state index in [-0.39, 0.29) is 12.5 Å². The SMILES string of the molecule is Cc1onc(-c2c(Cl)cccc2Cl)c1-c1nnc(COc2ccc(Cl)cc2)o1. The zero-order chi connectivity index (χ0) is 19.7. The van der Waals surface area contributed by atoms with Gasteiger partial charge in [0.2, 0.25) is 0 Å². The van der Waals surface area contributed by atoms with Crippen molar-refractivity contribution in [2.24, 2.45) is 0 Å². The minimum Gasteiger partial charge on any atom is -0.484 e. The van der Waals surface area contributed by atoms with Gasteiger partial charge in [-0.05, 0) is 43.3 Å². The molecule has 6 nitrogen and oxygen atoms in total. The van der Waals surface area contributed by atoms with Crippen molar-refractivity contribution in [3.05, 3.63) is 69.2 Å². The molecule has 0 unspecified atom stereocenters. The van der Waals surface area contributed by atoms with Crippen LogP contribution in [-0.4, -0.2) is 15.4 Å². The Labute approximate surface area is 175 Å². The Morgan fingerprint density at radius 3 is 2.36 bits per heavy atom. The first-order chi connectivity index (χ1) is 13.5. The molecule has 0 N–H and O–H groups in total.